The van der Waals surface area contributed by atoms with E-state index >= 15 is 0 Å². The van der Waals surface area contributed by atoms with Crippen LogP contribution in [0.4, 0.5) is 4.79 Å². The molecule has 1 saturated carbocycles. The van der Waals surface area contributed by atoms with Gasteiger partial charge in [0.15, 0.2) is 0 Å². The minimum absolute atomic E-state index is 0.0517. The van der Waals surface area contributed by atoms with Crippen LogP contribution >= 0.6 is 0 Å². The number of nitrogens with zero attached hydrogens (tertiary/aromatic N) is 2. The first-order valence-corrected chi connectivity index (χ1v) is 10.5. The number of amides is 3. The van der Waals surface area contributed by atoms with E-state index in [9.17, 15) is 14.4 Å². The summed E-state index contributed by atoms with van der Waals surface area (Å²) in [6.07, 6.45) is 4.80. The normalized spacial score (nSPS) is 23.8. The average Bonchev–Trinajstić information content (AvgIpc) is 3.60. The molecule has 2 heterocycles. The Labute approximate surface area is 171 Å². The predicted molar refractivity (Wildman–Crippen MR) is 107 cm³/mol. The van der Waals surface area contributed by atoms with Gasteiger partial charge in [0.25, 0.3) is 0 Å². The van der Waals surface area contributed by atoms with Crippen LogP contribution in [0.2, 0.25) is 0 Å². The Hall–Kier alpha value is -2.57. The molecule has 2 aliphatic heterocycles. The number of rotatable bonds is 4. The van der Waals surface area contributed by atoms with Gasteiger partial charge in [-0.3, -0.25) is 9.59 Å². The van der Waals surface area contributed by atoms with Gasteiger partial charge < -0.3 is 19.9 Å². The molecule has 4 rings (SSSR count). The topological polar surface area (TPSA) is 79.0 Å². The number of urea groups is 1. The SMILES string of the molecule is COC(=O)CNC(=O)N1CCC2(CC1)C[C@@H](c1ccccc1)C(=O)N(C1CC1)C2. The highest BCUT2D eigenvalue weighted by Crippen LogP contribution is 2.48. The number of hydrogen-bond acceptors (Lipinski definition) is 4. The molecule has 1 aromatic carbocycles. The molecule has 29 heavy (non-hydrogen) atoms. The van der Waals surface area contributed by atoms with Crippen molar-refractivity contribution in [3.63, 3.8) is 0 Å². The van der Waals surface area contributed by atoms with Crippen molar-refractivity contribution in [2.24, 2.45) is 5.41 Å². The molecule has 1 aliphatic carbocycles. The fourth-order valence-electron chi connectivity index (χ4n) is 4.74. The molecule has 7 nitrogen and oxygen atoms in total. The van der Waals surface area contributed by atoms with Crippen molar-refractivity contribution in [1.82, 2.24) is 15.1 Å². The molecule has 3 amide bonds. The third kappa shape index (κ3) is 4.23. The second kappa shape index (κ2) is 8.05. The summed E-state index contributed by atoms with van der Waals surface area (Å²) in [4.78, 5) is 40.7. The van der Waals surface area contributed by atoms with Crippen molar-refractivity contribution in [3.8, 4) is 0 Å². The Balaban J connectivity index is 1.44. The fourth-order valence-corrected chi connectivity index (χ4v) is 4.74. The number of piperidine rings is 2. The van der Waals surface area contributed by atoms with Gasteiger partial charge in [0.05, 0.1) is 13.0 Å². The summed E-state index contributed by atoms with van der Waals surface area (Å²) < 4.78 is 4.57. The summed E-state index contributed by atoms with van der Waals surface area (Å²) in [7, 11) is 1.30. The van der Waals surface area contributed by atoms with E-state index in [1.807, 2.05) is 18.2 Å². The Morgan fingerprint density at radius 2 is 1.86 bits per heavy atom. The highest BCUT2D eigenvalue weighted by Gasteiger charge is 2.49. The summed E-state index contributed by atoms with van der Waals surface area (Å²) in [6, 6.07) is 10.3. The van der Waals surface area contributed by atoms with E-state index in [1.165, 1.54) is 7.11 Å². The van der Waals surface area contributed by atoms with Gasteiger partial charge in [-0.2, -0.15) is 0 Å². The Kier molecular flexibility index (Phi) is 5.48. The summed E-state index contributed by atoms with van der Waals surface area (Å²) in [5.74, 6) is -0.281. The molecular formula is C22H29N3O4. The number of methoxy groups -OCH3 is 1. The monoisotopic (exact) mass is 399 g/mol. The first-order valence-electron chi connectivity index (χ1n) is 10.5. The zero-order chi connectivity index (χ0) is 20.4. The van der Waals surface area contributed by atoms with Crippen LogP contribution in [-0.4, -0.2) is 67.0 Å². The van der Waals surface area contributed by atoms with Gasteiger partial charge in [0, 0.05) is 25.7 Å². The Morgan fingerprint density at radius 1 is 1.17 bits per heavy atom. The molecule has 0 radical (unpaired) electrons. The third-order valence-corrected chi connectivity index (χ3v) is 6.64. The molecule has 3 aliphatic rings. The number of hydrogen-bond donors (Lipinski definition) is 1. The van der Waals surface area contributed by atoms with Gasteiger partial charge in [-0.1, -0.05) is 30.3 Å². The largest absolute Gasteiger partial charge is 0.468 e. The average molecular weight is 399 g/mol. The van der Waals surface area contributed by atoms with Crippen LogP contribution in [0.1, 0.15) is 43.6 Å². The number of likely N-dealkylation sites (tertiary alicyclic amines) is 2. The number of carbonyl (C=O) groups is 3. The van der Waals surface area contributed by atoms with Crippen molar-refractivity contribution in [2.45, 2.75) is 44.1 Å². The van der Waals surface area contributed by atoms with Crippen LogP contribution in [0.5, 0.6) is 0 Å². The summed E-state index contributed by atoms with van der Waals surface area (Å²) in [6.45, 7) is 1.97. The number of esters is 1. The van der Waals surface area contributed by atoms with E-state index in [2.05, 4.69) is 27.1 Å². The second-order valence-electron chi connectivity index (χ2n) is 8.59. The van der Waals surface area contributed by atoms with Crippen LogP contribution in [0.25, 0.3) is 0 Å². The number of nitrogens with one attached hydrogen (secondary N) is 1. The first-order chi connectivity index (χ1) is 14.0. The first kappa shape index (κ1) is 19.7. The zero-order valence-corrected chi connectivity index (χ0v) is 16.9. The number of carbonyl (C=O) groups excluding carboxylic acids is 3. The van der Waals surface area contributed by atoms with Crippen molar-refractivity contribution in [3.05, 3.63) is 35.9 Å². The molecule has 3 fully saturated rings. The molecule has 7 heteroatoms. The maximum Gasteiger partial charge on any atom is 0.325 e. The zero-order valence-electron chi connectivity index (χ0n) is 16.9. The van der Waals surface area contributed by atoms with E-state index < -0.39 is 5.97 Å². The number of ether oxygens (including phenoxy) is 1. The molecule has 0 bridgehead atoms. The van der Waals surface area contributed by atoms with E-state index in [4.69, 9.17) is 0 Å². The van der Waals surface area contributed by atoms with Crippen molar-refractivity contribution in [1.29, 1.82) is 0 Å². The van der Waals surface area contributed by atoms with Gasteiger partial charge in [0.2, 0.25) is 5.91 Å². The lowest BCUT2D eigenvalue weighted by atomic mass is 9.67. The van der Waals surface area contributed by atoms with Crippen LogP contribution < -0.4 is 5.32 Å². The lowest BCUT2D eigenvalue weighted by Gasteiger charge is -2.50. The second-order valence-corrected chi connectivity index (χ2v) is 8.59. The fraction of sp³-hybridized carbons (Fsp3) is 0.591. The molecule has 2 saturated heterocycles. The maximum absolute atomic E-state index is 13.2. The van der Waals surface area contributed by atoms with Gasteiger partial charge >= 0.3 is 12.0 Å². The summed E-state index contributed by atoms with van der Waals surface area (Å²) in [5, 5.41) is 2.62. The predicted octanol–water partition coefficient (Wildman–Crippen LogP) is 2.13. The minimum Gasteiger partial charge on any atom is -0.468 e. The lowest BCUT2D eigenvalue weighted by Crippen LogP contribution is -2.56. The van der Waals surface area contributed by atoms with Crippen molar-refractivity contribution in [2.75, 3.05) is 33.3 Å². The van der Waals surface area contributed by atoms with Gasteiger partial charge in [-0.15, -0.1) is 0 Å². The van der Waals surface area contributed by atoms with E-state index in [0.29, 0.717) is 19.1 Å². The van der Waals surface area contributed by atoms with Crippen molar-refractivity contribution < 1.29 is 19.1 Å². The highest BCUT2D eigenvalue weighted by atomic mass is 16.5. The summed E-state index contributed by atoms with van der Waals surface area (Å²) in [5.41, 5.74) is 1.15. The molecule has 0 unspecified atom stereocenters. The summed E-state index contributed by atoms with van der Waals surface area (Å²) >= 11 is 0. The molecule has 1 N–H and O–H groups in total. The van der Waals surface area contributed by atoms with Gasteiger partial charge in [-0.05, 0) is 43.1 Å². The quantitative estimate of drug-likeness (QED) is 0.787. The van der Waals surface area contributed by atoms with E-state index in [-0.39, 0.29) is 29.8 Å². The molecule has 156 valence electrons. The Morgan fingerprint density at radius 3 is 2.48 bits per heavy atom. The van der Waals surface area contributed by atoms with E-state index in [0.717, 1.165) is 44.2 Å². The molecular weight excluding hydrogens is 370 g/mol. The van der Waals surface area contributed by atoms with E-state index in [1.54, 1.807) is 4.90 Å². The van der Waals surface area contributed by atoms with Crippen LogP contribution in [0.15, 0.2) is 30.3 Å². The molecule has 1 atom stereocenters. The Bertz CT molecular complexity index is 770. The molecule has 1 spiro atoms. The highest BCUT2D eigenvalue weighted by molar-refractivity contribution is 5.85. The molecule has 0 aromatic heterocycles. The third-order valence-electron chi connectivity index (χ3n) is 6.64. The van der Waals surface area contributed by atoms with Crippen LogP contribution in [0.3, 0.4) is 0 Å². The molecule has 1 aromatic rings. The van der Waals surface area contributed by atoms with Gasteiger partial charge in [-0.25, -0.2) is 4.79 Å². The smallest absolute Gasteiger partial charge is 0.325 e. The standard InChI is InChI=1S/C22H29N3O4/c1-29-19(26)14-23-21(28)24-11-9-22(10-12-24)13-18(16-5-3-2-4-6-16)20(27)25(15-22)17-7-8-17/h2-6,17-18H,7-15H2,1H3,(H,23,28)/t18-/m0/s1. The lowest BCUT2D eigenvalue weighted by molar-refractivity contribution is -0.142. The minimum atomic E-state index is -0.455. The number of benzene rings is 1. The van der Waals surface area contributed by atoms with Crippen LogP contribution in [0, 0.1) is 5.41 Å². The van der Waals surface area contributed by atoms with Crippen molar-refractivity contribution >= 4 is 17.9 Å². The maximum atomic E-state index is 13.2. The van der Waals surface area contributed by atoms with Gasteiger partial charge in [0.1, 0.15) is 6.54 Å². The van der Waals surface area contributed by atoms with Crippen LogP contribution in [-0.2, 0) is 14.3 Å².